The number of ketones is 1. The molecular weight excluding hydrogens is 254 g/mol. The van der Waals surface area contributed by atoms with Gasteiger partial charge in [-0.3, -0.25) is 10.1 Å². The molecule has 0 bridgehead atoms. The molecule has 0 atom stereocenters. The Morgan fingerprint density at radius 2 is 1.89 bits per heavy atom. The molecule has 0 saturated heterocycles. The second-order valence-corrected chi connectivity index (χ2v) is 5.28. The molecule has 18 heavy (non-hydrogen) atoms. The summed E-state index contributed by atoms with van der Waals surface area (Å²) in [5, 5.41) is 2.91. The average Bonchev–Trinajstić information content (AvgIpc) is 2.17. The molecule has 4 nitrogen and oxygen atoms in total. The van der Waals surface area contributed by atoms with E-state index in [-0.39, 0.29) is 5.78 Å². The van der Waals surface area contributed by atoms with Gasteiger partial charge in [0.25, 0.3) is 0 Å². The van der Waals surface area contributed by atoms with Crippen LogP contribution in [-0.4, -0.2) is 17.5 Å². The standard InChI is InChI=1S/C13H16ClNO3/c1-8(16)10-7-9(5-6-11(10)14)15-12(17)18-13(2,3)4/h5-7H,1-4H3,(H,15,17). The van der Waals surface area contributed by atoms with E-state index in [1.165, 1.54) is 13.0 Å². The first-order chi connectivity index (χ1) is 8.19. The van der Waals surface area contributed by atoms with E-state index in [1.54, 1.807) is 32.9 Å². The molecule has 1 N–H and O–H groups in total. The third-order valence-corrected chi connectivity index (χ3v) is 2.32. The summed E-state index contributed by atoms with van der Waals surface area (Å²) in [7, 11) is 0. The molecule has 0 aliphatic heterocycles. The fourth-order valence-electron chi connectivity index (χ4n) is 1.29. The van der Waals surface area contributed by atoms with Crippen molar-refractivity contribution in [3.63, 3.8) is 0 Å². The van der Waals surface area contributed by atoms with Gasteiger partial charge in [-0.05, 0) is 45.9 Å². The monoisotopic (exact) mass is 269 g/mol. The topological polar surface area (TPSA) is 55.4 Å². The molecule has 1 amide bonds. The number of ether oxygens (including phenoxy) is 1. The second kappa shape index (κ2) is 5.40. The Morgan fingerprint density at radius 3 is 2.39 bits per heavy atom. The van der Waals surface area contributed by atoms with E-state index in [0.29, 0.717) is 16.3 Å². The molecular formula is C13H16ClNO3. The number of carbonyl (C=O) groups is 2. The summed E-state index contributed by atoms with van der Waals surface area (Å²) in [6, 6.07) is 4.69. The lowest BCUT2D eigenvalue weighted by Crippen LogP contribution is -2.27. The van der Waals surface area contributed by atoms with Crippen molar-refractivity contribution in [1.29, 1.82) is 0 Å². The first-order valence-corrected chi connectivity index (χ1v) is 5.87. The van der Waals surface area contributed by atoms with Crippen LogP contribution in [0.4, 0.5) is 10.5 Å². The van der Waals surface area contributed by atoms with Crippen LogP contribution in [0, 0.1) is 0 Å². The molecule has 0 aliphatic carbocycles. The Labute approximate surface area is 111 Å². The first kappa shape index (κ1) is 14.5. The highest BCUT2D eigenvalue weighted by Crippen LogP contribution is 2.21. The molecule has 0 spiro atoms. The van der Waals surface area contributed by atoms with Gasteiger partial charge in [-0.2, -0.15) is 0 Å². The first-order valence-electron chi connectivity index (χ1n) is 5.49. The number of amides is 1. The molecule has 0 fully saturated rings. The number of halogens is 1. The summed E-state index contributed by atoms with van der Waals surface area (Å²) in [4.78, 5) is 22.8. The largest absolute Gasteiger partial charge is 0.444 e. The molecule has 1 rings (SSSR count). The Kier molecular flexibility index (Phi) is 4.35. The Bertz CT molecular complexity index is 478. The van der Waals surface area contributed by atoms with Gasteiger partial charge in [0, 0.05) is 11.3 Å². The van der Waals surface area contributed by atoms with Gasteiger partial charge in [0.1, 0.15) is 5.60 Å². The number of nitrogens with one attached hydrogen (secondary N) is 1. The fourth-order valence-corrected chi connectivity index (χ4v) is 1.54. The van der Waals surface area contributed by atoms with Crippen LogP contribution in [0.2, 0.25) is 5.02 Å². The van der Waals surface area contributed by atoms with E-state index in [9.17, 15) is 9.59 Å². The maximum Gasteiger partial charge on any atom is 0.412 e. The number of carbonyl (C=O) groups excluding carboxylic acids is 2. The second-order valence-electron chi connectivity index (χ2n) is 4.88. The number of hydrogen-bond donors (Lipinski definition) is 1. The maximum atomic E-state index is 11.5. The van der Waals surface area contributed by atoms with Crippen molar-refractivity contribution >= 4 is 29.2 Å². The van der Waals surface area contributed by atoms with E-state index in [2.05, 4.69) is 5.32 Å². The van der Waals surface area contributed by atoms with Crippen molar-refractivity contribution in [1.82, 2.24) is 0 Å². The summed E-state index contributed by atoms with van der Waals surface area (Å²) in [5.41, 5.74) is 0.268. The molecule has 0 heterocycles. The summed E-state index contributed by atoms with van der Waals surface area (Å²) in [6.45, 7) is 6.73. The maximum absolute atomic E-state index is 11.5. The predicted molar refractivity (Wildman–Crippen MR) is 71.3 cm³/mol. The number of Topliss-reactive ketones (excluding diaryl/α,β-unsaturated/α-hetero) is 1. The lowest BCUT2D eigenvalue weighted by atomic mass is 10.1. The predicted octanol–water partition coefficient (Wildman–Crippen LogP) is 3.89. The van der Waals surface area contributed by atoms with Gasteiger partial charge < -0.3 is 4.74 Å². The molecule has 0 saturated carbocycles. The summed E-state index contributed by atoms with van der Waals surface area (Å²) >= 11 is 5.87. The van der Waals surface area contributed by atoms with Crippen LogP contribution in [0.25, 0.3) is 0 Å². The quantitative estimate of drug-likeness (QED) is 0.829. The van der Waals surface area contributed by atoms with Gasteiger partial charge in [-0.25, -0.2) is 4.79 Å². The lowest BCUT2D eigenvalue weighted by Gasteiger charge is -2.19. The fraction of sp³-hybridized carbons (Fsp3) is 0.385. The van der Waals surface area contributed by atoms with Crippen molar-refractivity contribution in [2.75, 3.05) is 5.32 Å². The Morgan fingerprint density at radius 1 is 1.28 bits per heavy atom. The number of benzene rings is 1. The van der Waals surface area contributed by atoms with Crippen LogP contribution < -0.4 is 5.32 Å². The van der Waals surface area contributed by atoms with Gasteiger partial charge in [-0.15, -0.1) is 0 Å². The summed E-state index contributed by atoms with van der Waals surface area (Å²) in [6.07, 6.45) is -0.570. The number of hydrogen-bond acceptors (Lipinski definition) is 3. The zero-order chi connectivity index (χ0) is 13.9. The molecule has 5 heteroatoms. The third-order valence-electron chi connectivity index (χ3n) is 1.99. The minimum atomic E-state index is -0.570. The molecule has 0 radical (unpaired) electrons. The van der Waals surface area contributed by atoms with Crippen LogP contribution in [0.1, 0.15) is 38.1 Å². The average molecular weight is 270 g/mol. The van der Waals surface area contributed by atoms with Crippen LogP contribution in [0.15, 0.2) is 18.2 Å². The zero-order valence-corrected chi connectivity index (χ0v) is 11.6. The van der Waals surface area contributed by atoms with E-state index < -0.39 is 11.7 Å². The van der Waals surface area contributed by atoms with Gasteiger partial charge in [0.2, 0.25) is 0 Å². The van der Waals surface area contributed by atoms with E-state index in [4.69, 9.17) is 16.3 Å². The highest BCUT2D eigenvalue weighted by molar-refractivity contribution is 6.34. The van der Waals surface area contributed by atoms with Gasteiger partial charge in [0.05, 0.1) is 5.02 Å². The van der Waals surface area contributed by atoms with Crippen LogP contribution in [-0.2, 0) is 4.74 Å². The molecule has 98 valence electrons. The highest BCUT2D eigenvalue weighted by Gasteiger charge is 2.16. The van der Waals surface area contributed by atoms with Crippen molar-refractivity contribution in [3.05, 3.63) is 28.8 Å². The van der Waals surface area contributed by atoms with Gasteiger partial charge in [0.15, 0.2) is 5.78 Å². The van der Waals surface area contributed by atoms with Gasteiger partial charge in [-0.1, -0.05) is 11.6 Å². The van der Waals surface area contributed by atoms with Gasteiger partial charge >= 0.3 is 6.09 Å². The normalized spacial score (nSPS) is 10.9. The van der Waals surface area contributed by atoms with Crippen molar-refractivity contribution in [3.8, 4) is 0 Å². The van der Waals surface area contributed by atoms with Crippen molar-refractivity contribution in [2.45, 2.75) is 33.3 Å². The van der Waals surface area contributed by atoms with E-state index in [0.717, 1.165) is 0 Å². The molecule has 1 aromatic rings. The smallest absolute Gasteiger partial charge is 0.412 e. The van der Waals surface area contributed by atoms with E-state index >= 15 is 0 Å². The van der Waals surface area contributed by atoms with E-state index in [1.807, 2.05) is 0 Å². The SMILES string of the molecule is CC(=O)c1cc(NC(=O)OC(C)(C)C)ccc1Cl. The Balaban J connectivity index is 2.83. The minimum absolute atomic E-state index is 0.159. The molecule has 0 aromatic heterocycles. The minimum Gasteiger partial charge on any atom is -0.444 e. The highest BCUT2D eigenvalue weighted by atomic mass is 35.5. The molecule has 1 aromatic carbocycles. The van der Waals surface area contributed by atoms with Crippen LogP contribution in [0.3, 0.4) is 0 Å². The summed E-state index contributed by atoms with van der Waals surface area (Å²) < 4.78 is 5.10. The van der Waals surface area contributed by atoms with Crippen molar-refractivity contribution < 1.29 is 14.3 Å². The Hall–Kier alpha value is -1.55. The third kappa shape index (κ3) is 4.37. The zero-order valence-electron chi connectivity index (χ0n) is 10.8. The number of rotatable bonds is 2. The van der Waals surface area contributed by atoms with Crippen LogP contribution >= 0.6 is 11.6 Å². The lowest BCUT2D eigenvalue weighted by molar-refractivity contribution is 0.0635. The van der Waals surface area contributed by atoms with Crippen LogP contribution in [0.5, 0.6) is 0 Å². The molecule has 0 aliphatic rings. The summed E-state index contributed by atoms with van der Waals surface area (Å²) in [5.74, 6) is -0.159. The van der Waals surface area contributed by atoms with Crippen molar-refractivity contribution in [2.24, 2.45) is 0 Å². The molecule has 0 unspecified atom stereocenters. The number of anilines is 1.